The summed E-state index contributed by atoms with van der Waals surface area (Å²) in [6.07, 6.45) is -0.0208. The van der Waals surface area contributed by atoms with E-state index in [4.69, 9.17) is 9.47 Å². The minimum absolute atomic E-state index is 0.0208. The van der Waals surface area contributed by atoms with Crippen molar-refractivity contribution in [1.82, 2.24) is 16.0 Å². The third-order valence-corrected chi connectivity index (χ3v) is 3.25. The molecule has 1 rings (SSSR count). The molecule has 136 valence electrons. The number of nitrogens with zero attached hydrogens (tertiary/aromatic N) is 1. The molecule has 6 heteroatoms. The van der Waals surface area contributed by atoms with E-state index >= 15 is 0 Å². The molecule has 0 bridgehead atoms. The number of rotatable bonds is 8. The maximum absolute atomic E-state index is 5.92. The van der Waals surface area contributed by atoms with Crippen molar-refractivity contribution in [2.24, 2.45) is 4.99 Å². The van der Waals surface area contributed by atoms with Crippen molar-refractivity contribution in [2.75, 3.05) is 33.8 Å². The minimum Gasteiger partial charge on any atom is -0.493 e. The van der Waals surface area contributed by atoms with Gasteiger partial charge in [-0.2, -0.15) is 0 Å². The lowest BCUT2D eigenvalue weighted by atomic mass is 10.1. The van der Waals surface area contributed by atoms with Crippen molar-refractivity contribution >= 4 is 5.96 Å². The summed E-state index contributed by atoms with van der Waals surface area (Å²) in [7, 11) is 3.40. The highest BCUT2D eigenvalue weighted by Crippen LogP contribution is 2.26. The van der Waals surface area contributed by atoms with Gasteiger partial charge in [-0.3, -0.25) is 4.99 Å². The van der Waals surface area contributed by atoms with E-state index in [1.165, 1.54) is 0 Å². The molecular weight excluding hydrogens is 304 g/mol. The van der Waals surface area contributed by atoms with Crippen LogP contribution < -0.4 is 25.4 Å². The molecule has 0 saturated carbocycles. The third kappa shape index (κ3) is 8.06. The van der Waals surface area contributed by atoms with E-state index in [9.17, 15) is 0 Å². The van der Waals surface area contributed by atoms with Crippen molar-refractivity contribution in [3.05, 3.63) is 24.3 Å². The number of ether oxygens (including phenoxy) is 2. The van der Waals surface area contributed by atoms with Gasteiger partial charge in [-0.15, -0.1) is 0 Å². The molecule has 0 aliphatic heterocycles. The van der Waals surface area contributed by atoms with Crippen LogP contribution in [0.2, 0.25) is 0 Å². The minimum atomic E-state index is -0.0208. The number of guanidine groups is 1. The highest BCUT2D eigenvalue weighted by atomic mass is 16.5. The van der Waals surface area contributed by atoms with Gasteiger partial charge in [0.15, 0.2) is 17.5 Å². The van der Waals surface area contributed by atoms with Crippen molar-refractivity contribution in [3.8, 4) is 11.5 Å². The van der Waals surface area contributed by atoms with Crippen LogP contribution in [0.4, 0.5) is 0 Å². The summed E-state index contributed by atoms with van der Waals surface area (Å²) in [5.74, 6) is 2.24. The van der Waals surface area contributed by atoms with E-state index < -0.39 is 0 Å². The first-order valence-electron chi connectivity index (χ1n) is 8.35. The van der Waals surface area contributed by atoms with Gasteiger partial charge in [-0.05, 0) is 39.8 Å². The van der Waals surface area contributed by atoms with Gasteiger partial charge >= 0.3 is 0 Å². The Kier molecular flexibility index (Phi) is 8.40. The molecule has 24 heavy (non-hydrogen) atoms. The van der Waals surface area contributed by atoms with E-state index in [-0.39, 0.29) is 11.6 Å². The molecule has 0 aromatic heterocycles. The molecule has 1 atom stereocenters. The molecule has 0 spiro atoms. The van der Waals surface area contributed by atoms with Crippen LogP contribution in [0.5, 0.6) is 11.5 Å². The molecule has 0 aliphatic rings. The summed E-state index contributed by atoms with van der Waals surface area (Å²) in [4.78, 5) is 4.22. The Morgan fingerprint density at radius 3 is 2.38 bits per heavy atom. The lowest BCUT2D eigenvalue weighted by molar-refractivity contribution is 0.213. The van der Waals surface area contributed by atoms with Gasteiger partial charge in [0, 0.05) is 25.7 Å². The molecule has 0 radical (unpaired) electrons. The normalized spacial score (nSPS) is 13.3. The zero-order valence-electron chi connectivity index (χ0n) is 15.8. The fourth-order valence-electron chi connectivity index (χ4n) is 2.05. The number of hydrogen-bond acceptors (Lipinski definition) is 4. The van der Waals surface area contributed by atoms with Crippen molar-refractivity contribution in [3.63, 3.8) is 0 Å². The molecule has 1 aromatic rings. The summed E-state index contributed by atoms with van der Waals surface area (Å²) in [5, 5.41) is 9.98. The van der Waals surface area contributed by atoms with E-state index in [0.29, 0.717) is 6.54 Å². The predicted molar refractivity (Wildman–Crippen MR) is 100 cm³/mol. The largest absolute Gasteiger partial charge is 0.493 e. The van der Waals surface area contributed by atoms with Gasteiger partial charge in [0.25, 0.3) is 0 Å². The Labute approximate surface area is 146 Å². The van der Waals surface area contributed by atoms with Crippen LogP contribution in [0.3, 0.4) is 0 Å². The molecule has 0 amide bonds. The van der Waals surface area contributed by atoms with Gasteiger partial charge < -0.3 is 25.4 Å². The average Bonchev–Trinajstić information content (AvgIpc) is 2.53. The summed E-state index contributed by atoms with van der Waals surface area (Å²) in [6.45, 7) is 10.8. The topological polar surface area (TPSA) is 66.9 Å². The summed E-state index contributed by atoms with van der Waals surface area (Å²) >= 11 is 0. The molecule has 3 N–H and O–H groups in total. The van der Waals surface area contributed by atoms with Gasteiger partial charge in [-0.25, -0.2) is 0 Å². The summed E-state index contributed by atoms with van der Waals surface area (Å²) in [6, 6.07) is 7.64. The zero-order valence-corrected chi connectivity index (χ0v) is 15.8. The van der Waals surface area contributed by atoms with Crippen LogP contribution in [0.1, 0.15) is 27.7 Å². The first-order chi connectivity index (χ1) is 11.4. The number of nitrogens with one attached hydrogen (secondary N) is 3. The fraction of sp³-hybridized carbons (Fsp3) is 0.611. The van der Waals surface area contributed by atoms with Crippen molar-refractivity contribution in [1.29, 1.82) is 0 Å². The molecule has 0 heterocycles. The smallest absolute Gasteiger partial charge is 0.191 e. The van der Waals surface area contributed by atoms with Crippen LogP contribution in [0, 0.1) is 0 Å². The molecule has 0 saturated heterocycles. The van der Waals surface area contributed by atoms with Crippen LogP contribution in [-0.2, 0) is 0 Å². The Morgan fingerprint density at radius 2 is 1.79 bits per heavy atom. The first-order valence-corrected chi connectivity index (χ1v) is 8.35. The Morgan fingerprint density at radius 1 is 1.12 bits per heavy atom. The van der Waals surface area contributed by atoms with Gasteiger partial charge in [0.2, 0.25) is 0 Å². The van der Waals surface area contributed by atoms with Crippen LogP contribution in [0.15, 0.2) is 29.3 Å². The van der Waals surface area contributed by atoms with E-state index in [2.05, 4.69) is 41.7 Å². The zero-order chi connectivity index (χ0) is 18.0. The van der Waals surface area contributed by atoms with Crippen molar-refractivity contribution < 1.29 is 9.47 Å². The molecule has 1 unspecified atom stereocenters. The standard InChI is InChI=1S/C18H32N4O2/c1-14(24-16-10-8-7-9-15(16)23-6)13-21-17(19-5)20-11-12-22-18(2,3)4/h7-10,14,22H,11-13H2,1-6H3,(H2,19,20,21). The Bertz CT molecular complexity index is 512. The van der Waals surface area contributed by atoms with Gasteiger partial charge in [-0.1, -0.05) is 12.1 Å². The second-order valence-electron chi connectivity index (χ2n) is 6.64. The monoisotopic (exact) mass is 336 g/mol. The summed E-state index contributed by atoms with van der Waals surface area (Å²) < 4.78 is 11.2. The lowest BCUT2D eigenvalue weighted by Gasteiger charge is -2.22. The Hall–Kier alpha value is -1.95. The summed E-state index contributed by atoms with van der Waals surface area (Å²) in [5.41, 5.74) is 0.121. The fourth-order valence-corrected chi connectivity index (χ4v) is 2.05. The predicted octanol–water partition coefficient (Wildman–Crippen LogP) is 2.02. The van der Waals surface area contributed by atoms with Crippen molar-refractivity contribution in [2.45, 2.75) is 39.3 Å². The highest BCUT2D eigenvalue weighted by Gasteiger charge is 2.10. The second-order valence-corrected chi connectivity index (χ2v) is 6.64. The number of benzene rings is 1. The van der Waals surface area contributed by atoms with E-state index in [0.717, 1.165) is 30.5 Å². The van der Waals surface area contributed by atoms with Crippen LogP contribution in [0.25, 0.3) is 0 Å². The Balaban J connectivity index is 2.35. The van der Waals surface area contributed by atoms with Gasteiger partial charge in [0.05, 0.1) is 13.7 Å². The number of hydrogen-bond donors (Lipinski definition) is 3. The molecule has 1 aromatic carbocycles. The molecular formula is C18H32N4O2. The highest BCUT2D eigenvalue weighted by molar-refractivity contribution is 5.79. The average molecular weight is 336 g/mol. The quantitative estimate of drug-likeness (QED) is 0.385. The molecule has 0 aliphatic carbocycles. The number of methoxy groups -OCH3 is 1. The van der Waals surface area contributed by atoms with Crippen LogP contribution >= 0.6 is 0 Å². The first kappa shape index (κ1) is 20.1. The van der Waals surface area contributed by atoms with Crippen LogP contribution in [-0.4, -0.2) is 51.4 Å². The lowest BCUT2D eigenvalue weighted by Crippen LogP contribution is -2.46. The SMILES string of the molecule is CN=C(NCCNC(C)(C)C)NCC(C)Oc1ccccc1OC. The molecule has 0 fully saturated rings. The third-order valence-electron chi connectivity index (χ3n) is 3.25. The van der Waals surface area contributed by atoms with E-state index in [1.54, 1.807) is 14.2 Å². The second kappa shape index (κ2) is 10.0. The number of aliphatic imine (C=N–C) groups is 1. The molecule has 6 nitrogen and oxygen atoms in total. The maximum Gasteiger partial charge on any atom is 0.191 e. The van der Waals surface area contributed by atoms with Gasteiger partial charge in [0.1, 0.15) is 6.10 Å². The maximum atomic E-state index is 5.92. The van der Waals surface area contributed by atoms with E-state index in [1.807, 2.05) is 31.2 Å². The number of para-hydroxylation sites is 2.